The maximum Gasteiger partial charge on any atom is 0.106 e. The van der Waals surface area contributed by atoms with Crippen LogP contribution in [0.4, 0.5) is 11.4 Å². The molecule has 0 atom stereocenters. The van der Waals surface area contributed by atoms with Crippen LogP contribution in [0.15, 0.2) is 41.1 Å². The van der Waals surface area contributed by atoms with Crippen molar-refractivity contribution >= 4 is 44.5 Å². The second-order valence-corrected chi connectivity index (χ2v) is 5.23. The van der Waals surface area contributed by atoms with E-state index in [-0.39, 0.29) is 0 Å². The monoisotopic (exact) mass is 321 g/mol. The molecule has 0 saturated heterocycles. The molecule has 2 aromatic rings. The van der Waals surface area contributed by atoms with Crippen LogP contribution >= 0.6 is 28.1 Å². The molecule has 92 valence electrons. The number of halogens is 1. The van der Waals surface area contributed by atoms with Crippen LogP contribution < -0.4 is 11.1 Å². The van der Waals surface area contributed by atoms with E-state index in [9.17, 15) is 0 Å². The van der Waals surface area contributed by atoms with E-state index in [4.69, 9.17) is 18.0 Å². The Morgan fingerprint density at radius 3 is 2.83 bits per heavy atom. The molecule has 0 aliphatic heterocycles. The van der Waals surface area contributed by atoms with Gasteiger partial charge in [-0.05, 0) is 30.7 Å². The van der Waals surface area contributed by atoms with Gasteiger partial charge in [-0.2, -0.15) is 0 Å². The number of aromatic nitrogens is 1. The van der Waals surface area contributed by atoms with Crippen molar-refractivity contribution in [3.8, 4) is 0 Å². The second-order valence-electron chi connectivity index (χ2n) is 3.87. The standard InChI is InChI=1S/C13H12BrN3S/c1-8-2-3-9(14)6-11(8)17-12-7-16-5-4-10(12)13(15)18/h2-7,17H,1H3,(H2,15,18). The Balaban J connectivity index is 2.40. The number of anilines is 2. The lowest BCUT2D eigenvalue weighted by atomic mass is 10.1. The Labute approximate surface area is 120 Å². The third-order valence-electron chi connectivity index (χ3n) is 2.56. The fourth-order valence-corrected chi connectivity index (χ4v) is 2.12. The zero-order valence-electron chi connectivity index (χ0n) is 9.77. The van der Waals surface area contributed by atoms with Crippen LogP contribution in [0, 0.1) is 6.92 Å². The van der Waals surface area contributed by atoms with Crippen LogP contribution in [0.5, 0.6) is 0 Å². The number of aryl methyl sites for hydroxylation is 1. The number of rotatable bonds is 3. The number of thiocarbonyl (C=S) groups is 1. The number of nitrogens with one attached hydrogen (secondary N) is 1. The second kappa shape index (κ2) is 5.46. The summed E-state index contributed by atoms with van der Waals surface area (Å²) in [6.07, 6.45) is 3.39. The van der Waals surface area contributed by atoms with Crippen molar-refractivity contribution in [1.29, 1.82) is 0 Å². The van der Waals surface area contributed by atoms with Gasteiger partial charge in [-0.3, -0.25) is 4.98 Å². The Hall–Kier alpha value is -1.46. The van der Waals surface area contributed by atoms with Crippen molar-refractivity contribution < 1.29 is 0 Å². The predicted octanol–water partition coefficient (Wildman–Crippen LogP) is 3.53. The normalized spacial score (nSPS) is 10.1. The third-order valence-corrected chi connectivity index (χ3v) is 3.27. The molecule has 0 aliphatic carbocycles. The first-order chi connectivity index (χ1) is 8.58. The van der Waals surface area contributed by atoms with Crippen molar-refractivity contribution in [1.82, 2.24) is 4.98 Å². The molecule has 5 heteroatoms. The highest BCUT2D eigenvalue weighted by molar-refractivity contribution is 9.10. The van der Waals surface area contributed by atoms with Crippen molar-refractivity contribution in [2.75, 3.05) is 5.32 Å². The SMILES string of the molecule is Cc1ccc(Br)cc1Nc1cnccc1C(N)=S. The smallest absolute Gasteiger partial charge is 0.106 e. The van der Waals surface area contributed by atoms with E-state index < -0.39 is 0 Å². The Morgan fingerprint density at radius 2 is 2.11 bits per heavy atom. The van der Waals surface area contributed by atoms with E-state index in [2.05, 4.69) is 26.2 Å². The molecule has 18 heavy (non-hydrogen) atoms. The minimum Gasteiger partial charge on any atom is -0.389 e. The van der Waals surface area contributed by atoms with Crippen LogP contribution in [-0.2, 0) is 0 Å². The van der Waals surface area contributed by atoms with Gasteiger partial charge in [0, 0.05) is 21.9 Å². The molecular weight excluding hydrogens is 310 g/mol. The molecule has 0 aliphatic rings. The van der Waals surface area contributed by atoms with Gasteiger partial charge in [0.2, 0.25) is 0 Å². The summed E-state index contributed by atoms with van der Waals surface area (Å²) < 4.78 is 1.01. The van der Waals surface area contributed by atoms with E-state index in [1.807, 2.05) is 25.1 Å². The quantitative estimate of drug-likeness (QED) is 0.849. The number of benzene rings is 1. The first-order valence-electron chi connectivity index (χ1n) is 5.35. The van der Waals surface area contributed by atoms with Gasteiger partial charge in [0.25, 0.3) is 0 Å². The number of pyridine rings is 1. The van der Waals surface area contributed by atoms with E-state index in [1.165, 1.54) is 0 Å². The van der Waals surface area contributed by atoms with Crippen molar-refractivity contribution in [3.63, 3.8) is 0 Å². The lowest BCUT2D eigenvalue weighted by molar-refractivity contribution is 1.30. The molecule has 0 unspecified atom stereocenters. The molecule has 0 bridgehead atoms. The maximum absolute atomic E-state index is 5.69. The fourth-order valence-electron chi connectivity index (χ4n) is 1.58. The summed E-state index contributed by atoms with van der Waals surface area (Å²) in [7, 11) is 0. The maximum atomic E-state index is 5.69. The molecule has 0 amide bonds. The zero-order valence-corrected chi connectivity index (χ0v) is 12.2. The summed E-state index contributed by atoms with van der Waals surface area (Å²) in [4.78, 5) is 4.44. The average molecular weight is 322 g/mol. The summed E-state index contributed by atoms with van der Waals surface area (Å²) in [5.74, 6) is 0. The number of hydrogen-bond donors (Lipinski definition) is 2. The lowest BCUT2D eigenvalue weighted by Gasteiger charge is -2.12. The average Bonchev–Trinajstić information content (AvgIpc) is 2.34. The van der Waals surface area contributed by atoms with Crippen LogP contribution in [0.3, 0.4) is 0 Å². The minimum absolute atomic E-state index is 0.354. The molecule has 0 radical (unpaired) electrons. The van der Waals surface area contributed by atoms with E-state index in [0.29, 0.717) is 4.99 Å². The van der Waals surface area contributed by atoms with Crippen LogP contribution in [0.2, 0.25) is 0 Å². The number of hydrogen-bond acceptors (Lipinski definition) is 3. The molecule has 0 fully saturated rings. The number of nitrogens with zero attached hydrogens (tertiary/aromatic N) is 1. The van der Waals surface area contributed by atoms with Gasteiger partial charge in [0.05, 0.1) is 11.9 Å². The van der Waals surface area contributed by atoms with Crippen molar-refractivity contribution in [3.05, 3.63) is 52.3 Å². The highest BCUT2D eigenvalue weighted by Crippen LogP contribution is 2.25. The molecule has 1 aromatic heterocycles. The van der Waals surface area contributed by atoms with Gasteiger partial charge < -0.3 is 11.1 Å². The summed E-state index contributed by atoms with van der Waals surface area (Å²) in [5.41, 5.74) is 9.42. The molecular formula is C13H12BrN3S. The molecule has 3 N–H and O–H groups in total. The first-order valence-corrected chi connectivity index (χ1v) is 6.55. The fraction of sp³-hybridized carbons (Fsp3) is 0.0769. The molecule has 1 heterocycles. The summed E-state index contributed by atoms with van der Waals surface area (Å²) in [6, 6.07) is 7.84. The Kier molecular flexibility index (Phi) is 3.93. The van der Waals surface area contributed by atoms with Gasteiger partial charge in [0.15, 0.2) is 0 Å². The highest BCUT2D eigenvalue weighted by Gasteiger charge is 2.06. The van der Waals surface area contributed by atoms with Gasteiger partial charge in [-0.1, -0.05) is 34.2 Å². The van der Waals surface area contributed by atoms with E-state index in [1.54, 1.807) is 18.5 Å². The topological polar surface area (TPSA) is 50.9 Å². The third kappa shape index (κ3) is 2.86. The molecule has 3 nitrogen and oxygen atoms in total. The Bertz CT molecular complexity index is 599. The van der Waals surface area contributed by atoms with Gasteiger partial charge in [-0.15, -0.1) is 0 Å². The van der Waals surface area contributed by atoms with Crippen LogP contribution in [-0.4, -0.2) is 9.97 Å². The van der Waals surface area contributed by atoms with E-state index >= 15 is 0 Å². The van der Waals surface area contributed by atoms with Gasteiger partial charge in [-0.25, -0.2) is 0 Å². The molecule has 0 saturated carbocycles. The summed E-state index contributed by atoms with van der Waals surface area (Å²) in [5, 5.41) is 3.30. The van der Waals surface area contributed by atoms with E-state index in [0.717, 1.165) is 27.0 Å². The summed E-state index contributed by atoms with van der Waals surface area (Å²) >= 11 is 8.48. The van der Waals surface area contributed by atoms with Crippen molar-refractivity contribution in [2.45, 2.75) is 6.92 Å². The van der Waals surface area contributed by atoms with Crippen LogP contribution in [0.25, 0.3) is 0 Å². The lowest BCUT2D eigenvalue weighted by Crippen LogP contribution is -2.12. The van der Waals surface area contributed by atoms with Gasteiger partial charge in [0.1, 0.15) is 4.99 Å². The highest BCUT2D eigenvalue weighted by atomic mass is 79.9. The Morgan fingerprint density at radius 1 is 1.33 bits per heavy atom. The zero-order chi connectivity index (χ0) is 13.1. The first kappa shape index (κ1) is 13.0. The number of nitrogens with two attached hydrogens (primary N) is 1. The predicted molar refractivity (Wildman–Crippen MR) is 82.3 cm³/mol. The molecule has 0 spiro atoms. The summed E-state index contributed by atoms with van der Waals surface area (Å²) in [6.45, 7) is 2.03. The van der Waals surface area contributed by atoms with Gasteiger partial charge >= 0.3 is 0 Å². The minimum atomic E-state index is 0.354. The van der Waals surface area contributed by atoms with Crippen LogP contribution in [0.1, 0.15) is 11.1 Å². The van der Waals surface area contributed by atoms with Crippen molar-refractivity contribution in [2.24, 2.45) is 5.73 Å². The molecule has 2 rings (SSSR count). The molecule has 1 aromatic carbocycles. The largest absolute Gasteiger partial charge is 0.389 e.